The summed E-state index contributed by atoms with van der Waals surface area (Å²) in [5, 5.41) is 0. The molecule has 3 heteroatoms. The van der Waals surface area contributed by atoms with Crippen LogP contribution in [0.4, 0.5) is 0 Å². The van der Waals surface area contributed by atoms with Crippen LogP contribution >= 0.6 is 0 Å². The smallest absolute Gasteiger partial charge is 0.119 e. The Balaban J connectivity index is 2.69. The van der Waals surface area contributed by atoms with E-state index in [1.807, 2.05) is 12.1 Å². The molecule has 0 fully saturated rings. The second-order valence-corrected chi connectivity index (χ2v) is 5.15. The van der Waals surface area contributed by atoms with Gasteiger partial charge < -0.3 is 4.74 Å². The fraction of sp³-hybridized carbons (Fsp3) is 0.625. The molecule has 3 N–H and O–H groups in total. The van der Waals surface area contributed by atoms with Crippen molar-refractivity contribution in [3.8, 4) is 5.75 Å². The van der Waals surface area contributed by atoms with E-state index in [0.29, 0.717) is 0 Å². The second-order valence-electron chi connectivity index (χ2n) is 5.15. The third-order valence-corrected chi connectivity index (χ3v) is 3.81. The lowest BCUT2D eigenvalue weighted by Crippen LogP contribution is -2.29. The summed E-state index contributed by atoms with van der Waals surface area (Å²) in [5.41, 5.74) is 4.16. The van der Waals surface area contributed by atoms with Crippen molar-refractivity contribution in [2.75, 3.05) is 7.11 Å². The van der Waals surface area contributed by atoms with Gasteiger partial charge in [-0.15, -0.1) is 0 Å². The van der Waals surface area contributed by atoms with Gasteiger partial charge in [-0.3, -0.25) is 11.3 Å². The summed E-state index contributed by atoms with van der Waals surface area (Å²) in [6.07, 6.45) is 6.14. The van der Waals surface area contributed by atoms with Gasteiger partial charge in [0.15, 0.2) is 0 Å². The molecule has 0 saturated carbocycles. The van der Waals surface area contributed by atoms with Gasteiger partial charge in [-0.1, -0.05) is 51.7 Å². The van der Waals surface area contributed by atoms with Crippen LogP contribution in [0.5, 0.6) is 5.75 Å². The zero-order valence-corrected chi connectivity index (χ0v) is 12.5. The number of benzene rings is 1. The second kappa shape index (κ2) is 8.94. The number of ether oxygens (including phenoxy) is 1. The molecular formula is C16H28N2O. The Morgan fingerprint density at radius 2 is 2.11 bits per heavy atom. The van der Waals surface area contributed by atoms with Crippen LogP contribution in [0.3, 0.4) is 0 Å². The molecule has 0 aliphatic rings. The van der Waals surface area contributed by atoms with Gasteiger partial charge in [0.25, 0.3) is 0 Å². The highest BCUT2D eigenvalue weighted by Crippen LogP contribution is 2.27. The molecule has 0 saturated heterocycles. The van der Waals surface area contributed by atoms with Crippen molar-refractivity contribution >= 4 is 0 Å². The van der Waals surface area contributed by atoms with Gasteiger partial charge in [0.05, 0.1) is 7.11 Å². The predicted octanol–water partition coefficient (Wildman–Crippen LogP) is 3.81. The van der Waals surface area contributed by atoms with Crippen LogP contribution in [-0.4, -0.2) is 7.11 Å². The number of rotatable bonds is 9. The number of nitrogens with two attached hydrogens (primary N) is 1. The largest absolute Gasteiger partial charge is 0.497 e. The van der Waals surface area contributed by atoms with Crippen molar-refractivity contribution in [3.63, 3.8) is 0 Å². The number of hydrogen-bond acceptors (Lipinski definition) is 3. The Morgan fingerprint density at radius 3 is 2.68 bits per heavy atom. The standard InChI is InChI=1S/C16H28N2O/c1-4-6-8-13(5-2)11-16(18-17)14-9-7-10-15(12-14)19-3/h7,9-10,12-13,16,18H,4-6,8,11,17H2,1-3H3. The van der Waals surface area contributed by atoms with Crippen LogP contribution in [-0.2, 0) is 0 Å². The first-order chi connectivity index (χ1) is 9.24. The fourth-order valence-electron chi connectivity index (χ4n) is 2.47. The average Bonchev–Trinajstić information content (AvgIpc) is 2.47. The number of unbranched alkanes of at least 4 members (excludes halogenated alkanes) is 1. The quantitative estimate of drug-likeness (QED) is 0.527. The third kappa shape index (κ3) is 5.21. The highest BCUT2D eigenvalue weighted by Gasteiger charge is 2.16. The molecule has 0 aliphatic carbocycles. The molecule has 1 rings (SSSR count). The highest BCUT2D eigenvalue weighted by atomic mass is 16.5. The molecule has 0 spiro atoms. The third-order valence-electron chi connectivity index (χ3n) is 3.81. The number of hydrogen-bond donors (Lipinski definition) is 2. The van der Waals surface area contributed by atoms with Gasteiger partial charge in [-0.25, -0.2) is 0 Å². The number of hydrazine groups is 1. The summed E-state index contributed by atoms with van der Waals surface area (Å²) in [4.78, 5) is 0. The zero-order valence-electron chi connectivity index (χ0n) is 12.5. The molecule has 0 aromatic heterocycles. The van der Waals surface area contributed by atoms with E-state index in [9.17, 15) is 0 Å². The van der Waals surface area contributed by atoms with Crippen molar-refractivity contribution < 1.29 is 4.74 Å². The number of nitrogens with one attached hydrogen (secondary N) is 1. The maximum Gasteiger partial charge on any atom is 0.119 e. The first-order valence-corrected chi connectivity index (χ1v) is 7.35. The van der Waals surface area contributed by atoms with E-state index in [0.717, 1.165) is 18.1 Å². The normalized spacial score (nSPS) is 14.1. The lowest BCUT2D eigenvalue weighted by atomic mass is 9.89. The summed E-state index contributed by atoms with van der Waals surface area (Å²) in [6.45, 7) is 4.51. The fourth-order valence-corrected chi connectivity index (χ4v) is 2.47. The molecule has 0 aliphatic heterocycles. The van der Waals surface area contributed by atoms with Crippen LogP contribution in [0.25, 0.3) is 0 Å². The summed E-state index contributed by atoms with van der Waals surface area (Å²) in [7, 11) is 1.69. The molecule has 19 heavy (non-hydrogen) atoms. The minimum Gasteiger partial charge on any atom is -0.497 e. The first kappa shape index (κ1) is 16.0. The summed E-state index contributed by atoms with van der Waals surface area (Å²) in [5.74, 6) is 7.35. The Kier molecular flexibility index (Phi) is 7.53. The molecule has 3 nitrogen and oxygen atoms in total. The van der Waals surface area contributed by atoms with Crippen LogP contribution in [0.15, 0.2) is 24.3 Å². The molecule has 1 aromatic carbocycles. The van der Waals surface area contributed by atoms with Crippen molar-refractivity contribution in [1.29, 1.82) is 0 Å². The zero-order chi connectivity index (χ0) is 14.1. The van der Waals surface area contributed by atoms with Crippen molar-refractivity contribution in [2.24, 2.45) is 11.8 Å². The summed E-state index contributed by atoms with van der Waals surface area (Å²) >= 11 is 0. The van der Waals surface area contributed by atoms with E-state index in [2.05, 4.69) is 31.4 Å². The maximum absolute atomic E-state index is 5.74. The average molecular weight is 264 g/mol. The molecule has 0 amide bonds. The van der Waals surface area contributed by atoms with Crippen LogP contribution in [0.1, 0.15) is 57.6 Å². The summed E-state index contributed by atoms with van der Waals surface area (Å²) < 4.78 is 5.28. The molecular weight excluding hydrogens is 236 g/mol. The van der Waals surface area contributed by atoms with Gasteiger partial charge in [0.2, 0.25) is 0 Å². The van der Waals surface area contributed by atoms with Crippen LogP contribution in [0.2, 0.25) is 0 Å². The summed E-state index contributed by atoms with van der Waals surface area (Å²) in [6, 6.07) is 8.37. The Labute approximate surface area is 117 Å². The minimum atomic E-state index is 0.205. The van der Waals surface area contributed by atoms with Crippen LogP contribution in [0, 0.1) is 5.92 Å². The van der Waals surface area contributed by atoms with E-state index < -0.39 is 0 Å². The van der Waals surface area contributed by atoms with Gasteiger partial charge in [-0.2, -0.15) is 0 Å². The van der Waals surface area contributed by atoms with E-state index in [4.69, 9.17) is 10.6 Å². The molecule has 1 aromatic rings. The van der Waals surface area contributed by atoms with E-state index in [1.165, 1.54) is 31.2 Å². The molecule has 0 heterocycles. The number of methoxy groups -OCH3 is 1. The van der Waals surface area contributed by atoms with Crippen LogP contribution < -0.4 is 16.0 Å². The first-order valence-electron chi connectivity index (χ1n) is 7.35. The van der Waals surface area contributed by atoms with E-state index in [-0.39, 0.29) is 6.04 Å². The molecule has 0 radical (unpaired) electrons. The van der Waals surface area contributed by atoms with Gasteiger partial charge in [-0.05, 0) is 30.0 Å². The van der Waals surface area contributed by atoms with Crippen molar-refractivity contribution in [2.45, 2.75) is 52.0 Å². The van der Waals surface area contributed by atoms with Crippen molar-refractivity contribution in [3.05, 3.63) is 29.8 Å². The highest BCUT2D eigenvalue weighted by molar-refractivity contribution is 5.30. The van der Waals surface area contributed by atoms with E-state index >= 15 is 0 Å². The lowest BCUT2D eigenvalue weighted by Gasteiger charge is -2.23. The SMILES string of the molecule is CCCCC(CC)CC(NN)c1cccc(OC)c1. The molecule has 0 bridgehead atoms. The topological polar surface area (TPSA) is 47.3 Å². The molecule has 2 atom stereocenters. The Morgan fingerprint density at radius 1 is 1.32 bits per heavy atom. The molecule has 2 unspecified atom stereocenters. The molecule has 108 valence electrons. The van der Waals surface area contributed by atoms with Crippen molar-refractivity contribution in [1.82, 2.24) is 5.43 Å². The van der Waals surface area contributed by atoms with Gasteiger partial charge >= 0.3 is 0 Å². The van der Waals surface area contributed by atoms with Gasteiger partial charge in [0.1, 0.15) is 5.75 Å². The predicted molar refractivity (Wildman–Crippen MR) is 81.0 cm³/mol. The minimum absolute atomic E-state index is 0.205. The Hall–Kier alpha value is -1.06. The monoisotopic (exact) mass is 264 g/mol. The Bertz CT molecular complexity index is 354. The lowest BCUT2D eigenvalue weighted by molar-refractivity contribution is 0.355. The maximum atomic E-state index is 5.74. The van der Waals surface area contributed by atoms with Gasteiger partial charge in [0, 0.05) is 6.04 Å². The van der Waals surface area contributed by atoms with E-state index in [1.54, 1.807) is 7.11 Å².